The summed E-state index contributed by atoms with van der Waals surface area (Å²) in [6.07, 6.45) is -1.08. The Morgan fingerprint density at radius 1 is 1.59 bits per heavy atom. The van der Waals surface area contributed by atoms with Gasteiger partial charge in [-0.1, -0.05) is 29.8 Å². The number of carbonyl (C=O) groups excluding carboxylic acids is 1. The monoisotopic (exact) mass is 294 g/mol. The van der Waals surface area contributed by atoms with Crippen LogP contribution in [0.1, 0.15) is 18.6 Å². The summed E-state index contributed by atoms with van der Waals surface area (Å²) in [6.45, 7) is 5.26. The van der Waals surface area contributed by atoms with Gasteiger partial charge in [0.2, 0.25) is 0 Å². The van der Waals surface area contributed by atoms with Crippen LogP contribution < -0.4 is 10.6 Å². The van der Waals surface area contributed by atoms with Crippen molar-refractivity contribution in [2.75, 3.05) is 7.05 Å². The number of hydrogen-bond donors (Lipinski definition) is 2. The van der Waals surface area contributed by atoms with Crippen molar-refractivity contribution < 1.29 is 9.53 Å². The Bertz CT molecular complexity index is 434. The van der Waals surface area contributed by atoms with E-state index < -0.39 is 12.2 Å². The fourth-order valence-electron chi connectivity index (χ4n) is 1.07. The molecule has 0 aromatic carbocycles. The van der Waals surface area contributed by atoms with Gasteiger partial charge in [0.05, 0.1) is 4.34 Å². The van der Waals surface area contributed by atoms with E-state index in [2.05, 4.69) is 17.2 Å². The molecule has 0 aliphatic carbocycles. The third-order valence-electron chi connectivity index (χ3n) is 1.96. The maximum atomic E-state index is 11.4. The average molecular weight is 295 g/mol. The van der Waals surface area contributed by atoms with Crippen LogP contribution >= 0.6 is 34.5 Å². The number of nitrogens with one attached hydrogen (secondary N) is 2. The second-order valence-corrected chi connectivity index (χ2v) is 5.47. The van der Waals surface area contributed by atoms with Gasteiger partial charge >= 0.3 is 6.09 Å². The summed E-state index contributed by atoms with van der Waals surface area (Å²) < 4.78 is 6.19. The SMILES string of the molecule is C=C(NC)NC(=O)O[C@H](C)c1cc(Cl)sc1Cl. The molecule has 1 heterocycles. The number of hydrogen-bond acceptors (Lipinski definition) is 4. The molecule has 1 atom stereocenters. The Morgan fingerprint density at radius 3 is 2.71 bits per heavy atom. The molecule has 0 bridgehead atoms. The van der Waals surface area contributed by atoms with Gasteiger partial charge in [0, 0.05) is 12.6 Å². The summed E-state index contributed by atoms with van der Waals surface area (Å²) in [6, 6.07) is 1.68. The molecule has 0 fully saturated rings. The fraction of sp³-hybridized carbons (Fsp3) is 0.300. The van der Waals surface area contributed by atoms with Crippen LogP contribution in [0, 0.1) is 0 Å². The number of thiophene rings is 1. The van der Waals surface area contributed by atoms with Crippen LogP contribution in [0.4, 0.5) is 4.79 Å². The molecule has 0 spiro atoms. The summed E-state index contributed by atoms with van der Waals surface area (Å²) in [5, 5.41) is 5.09. The maximum Gasteiger partial charge on any atom is 0.413 e. The first-order valence-corrected chi connectivity index (χ1v) is 6.30. The zero-order valence-electron chi connectivity index (χ0n) is 9.34. The third-order valence-corrected chi connectivity index (χ3v) is 3.48. The van der Waals surface area contributed by atoms with E-state index >= 15 is 0 Å². The molecule has 4 nitrogen and oxygen atoms in total. The summed E-state index contributed by atoms with van der Waals surface area (Å²) in [4.78, 5) is 11.4. The second kappa shape index (κ2) is 6.14. The minimum Gasteiger partial charge on any atom is -0.441 e. The van der Waals surface area contributed by atoms with Gasteiger partial charge in [0.1, 0.15) is 16.3 Å². The number of rotatable bonds is 4. The average Bonchev–Trinajstić information content (AvgIpc) is 2.57. The first kappa shape index (κ1) is 14.2. The largest absolute Gasteiger partial charge is 0.441 e. The minimum absolute atomic E-state index is 0.358. The van der Waals surface area contributed by atoms with Crippen LogP contribution in [0.2, 0.25) is 8.67 Å². The van der Waals surface area contributed by atoms with E-state index in [9.17, 15) is 4.79 Å². The number of ether oxygens (including phenoxy) is 1. The Balaban J connectivity index is 2.60. The summed E-state index contributed by atoms with van der Waals surface area (Å²) in [5.74, 6) is 0.358. The topological polar surface area (TPSA) is 50.4 Å². The van der Waals surface area contributed by atoms with Gasteiger partial charge in [-0.25, -0.2) is 4.79 Å². The van der Waals surface area contributed by atoms with Gasteiger partial charge < -0.3 is 10.1 Å². The van der Waals surface area contributed by atoms with Crippen LogP contribution in [-0.4, -0.2) is 13.1 Å². The molecule has 0 saturated heterocycles. The zero-order valence-corrected chi connectivity index (χ0v) is 11.7. The Labute approximate surface area is 114 Å². The van der Waals surface area contributed by atoms with Crippen LogP contribution in [0.5, 0.6) is 0 Å². The molecular weight excluding hydrogens is 283 g/mol. The normalized spacial score (nSPS) is 11.8. The molecule has 1 rings (SSSR count). The first-order valence-electron chi connectivity index (χ1n) is 4.73. The predicted octanol–water partition coefficient (Wildman–Crippen LogP) is 3.53. The number of halogens is 2. The van der Waals surface area contributed by atoms with Crippen LogP contribution in [0.3, 0.4) is 0 Å². The number of alkyl carbamates (subject to hydrolysis) is 1. The Hall–Kier alpha value is -0.910. The summed E-state index contributed by atoms with van der Waals surface area (Å²) >= 11 is 13.0. The second-order valence-electron chi connectivity index (χ2n) is 3.18. The molecule has 0 radical (unpaired) electrons. The van der Waals surface area contributed by atoms with Crippen LogP contribution in [0.15, 0.2) is 18.5 Å². The van der Waals surface area contributed by atoms with Crippen molar-refractivity contribution in [1.29, 1.82) is 0 Å². The minimum atomic E-state index is -0.602. The highest BCUT2D eigenvalue weighted by Crippen LogP contribution is 2.36. The fourth-order valence-corrected chi connectivity index (χ4v) is 2.69. The van der Waals surface area contributed by atoms with Gasteiger partial charge in [0.25, 0.3) is 0 Å². The van der Waals surface area contributed by atoms with Gasteiger partial charge in [-0.2, -0.15) is 0 Å². The van der Waals surface area contributed by atoms with Gasteiger partial charge in [0.15, 0.2) is 0 Å². The molecule has 1 amide bonds. The smallest absolute Gasteiger partial charge is 0.413 e. The molecule has 7 heteroatoms. The van der Waals surface area contributed by atoms with Crippen molar-refractivity contribution in [1.82, 2.24) is 10.6 Å². The highest BCUT2D eigenvalue weighted by Gasteiger charge is 2.17. The lowest BCUT2D eigenvalue weighted by molar-refractivity contribution is 0.109. The molecule has 0 aliphatic rings. The number of carbonyl (C=O) groups is 1. The Morgan fingerprint density at radius 2 is 2.24 bits per heavy atom. The van der Waals surface area contributed by atoms with E-state index in [0.717, 1.165) is 0 Å². The maximum absolute atomic E-state index is 11.4. The molecule has 2 N–H and O–H groups in total. The number of amides is 1. The van der Waals surface area contributed by atoms with E-state index in [1.165, 1.54) is 11.3 Å². The van der Waals surface area contributed by atoms with E-state index in [0.29, 0.717) is 20.1 Å². The van der Waals surface area contributed by atoms with Crippen LogP contribution in [0.25, 0.3) is 0 Å². The van der Waals surface area contributed by atoms with Crippen molar-refractivity contribution in [2.24, 2.45) is 0 Å². The van der Waals surface area contributed by atoms with Crippen molar-refractivity contribution in [2.45, 2.75) is 13.0 Å². The van der Waals surface area contributed by atoms with Crippen molar-refractivity contribution in [3.8, 4) is 0 Å². The molecule has 0 unspecified atom stereocenters. The zero-order chi connectivity index (χ0) is 13.0. The quantitative estimate of drug-likeness (QED) is 0.893. The summed E-state index contributed by atoms with van der Waals surface area (Å²) in [7, 11) is 1.64. The molecule has 0 saturated carbocycles. The predicted molar refractivity (Wildman–Crippen MR) is 70.6 cm³/mol. The molecule has 17 heavy (non-hydrogen) atoms. The lowest BCUT2D eigenvalue weighted by atomic mass is 10.2. The summed E-state index contributed by atoms with van der Waals surface area (Å²) in [5.41, 5.74) is 0.687. The van der Waals surface area contributed by atoms with E-state index in [-0.39, 0.29) is 0 Å². The van der Waals surface area contributed by atoms with Gasteiger partial charge in [-0.15, -0.1) is 11.3 Å². The molecule has 94 valence electrons. The van der Waals surface area contributed by atoms with E-state index in [1.807, 2.05) is 0 Å². The highest BCUT2D eigenvalue weighted by atomic mass is 35.5. The standard InChI is InChI=1S/C10H12Cl2N2O2S/c1-5(7-4-8(11)17-9(7)12)16-10(15)14-6(2)13-3/h4-5,13H,2H2,1,3H3,(H,14,15)/t5-/m1/s1. The molecular formula is C10H12Cl2N2O2S. The van der Waals surface area contributed by atoms with Crippen molar-refractivity contribution >= 4 is 40.6 Å². The molecule has 0 aliphatic heterocycles. The lowest BCUT2D eigenvalue weighted by Crippen LogP contribution is -2.29. The van der Waals surface area contributed by atoms with Crippen molar-refractivity contribution in [3.05, 3.63) is 32.7 Å². The van der Waals surface area contributed by atoms with Crippen LogP contribution in [-0.2, 0) is 4.74 Å². The van der Waals surface area contributed by atoms with E-state index in [4.69, 9.17) is 27.9 Å². The van der Waals surface area contributed by atoms with Gasteiger partial charge in [-0.05, 0) is 13.0 Å². The Kier molecular flexibility index (Phi) is 5.11. The van der Waals surface area contributed by atoms with Gasteiger partial charge in [-0.3, -0.25) is 5.32 Å². The first-order chi connectivity index (χ1) is 7.93. The highest BCUT2D eigenvalue weighted by molar-refractivity contribution is 7.20. The van der Waals surface area contributed by atoms with Crippen molar-refractivity contribution in [3.63, 3.8) is 0 Å². The third kappa shape index (κ3) is 4.11. The van der Waals surface area contributed by atoms with E-state index in [1.54, 1.807) is 20.0 Å². The molecule has 1 aromatic rings. The molecule has 1 aromatic heterocycles. The lowest BCUT2D eigenvalue weighted by Gasteiger charge is -2.14.